The molecule has 1 amide bonds. The van der Waals surface area contributed by atoms with E-state index < -0.39 is 124 Å². The van der Waals surface area contributed by atoms with Crippen molar-refractivity contribution in [2.75, 3.05) is 26.4 Å². The summed E-state index contributed by atoms with van der Waals surface area (Å²) in [6.45, 7) is 1.56. The van der Waals surface area contributed by atoms with E-state index in [1.807, 2.05) is 6.08 Å². The van der Waals surface area contributed by atoms with E-state index in [1.165, 1.54) is 70.6 Å². The molecule has 3 fully saturated rings. The average molecular weight is 1250 g/mol. The van der Waals surface area contributed by atoms with Crippen LogP contribution in [0, 0.1) is 0 Å². The number of allylic oxidation sites excluding steroid dienone is 17. The highest BCUT2D eigenvalue weighted by Gasteiger charge is 2.53. The zero-order valence-electron chi connectivity index (χ0n) is 52.9. The Hall–Kier alpha value is -3.55. The Morgan fingerprint density at radius 1 is 0.420 bits per heavy atom. The quantitative estimate of drug-likeness (QED) is 0.0204. The van der Waals surface area contributed by atoms with Crippen molar-refractivity contribution in [2.24, 2.45) is 0 Å². The molecule has 0 bridgehead atoms. The van der Waals surface area contributed by atoms with Gasteiger partial charge in [0.2, 0.25) is 5.91 Å². The number of unbranched alkanes of at least 4 members (excludes halogenated alkanes) is 16. The van der Waals surface area contributed by atoms with E-state index in [4.69, 9.17) is 28.4 Å². The van der Waals surface area contributed by atoms with E-state index in [0.29, 0.717) is 6.42 Å². The topological polar surface area (TPSA) is 307 Å². The van der Waals surface area contributed by atoms with Crippen molar-refractivity contribution in [3.63, 3.8) is 0 Å². The summed E-state index contributed by atoms with van der Waals surface area (Å²) in [4.78, 5) is 13.4. The maximum absolute atomic E-state index is 13.4. The summed E-state index contributed by atoms with van der Waals surface area (Å²) < 4.78 is 34.3. The molecule has 88 heavy (non-hydrogen) atoms. The van der Waals surface area contributed by atoms with E-state index >= 15 is 0 Å². The second-order valence-electron chi connectivity index (χ2n) is 23.2. The summed E-state index contributed by atoms with van der Waals surface area (Å²) in [6.07, 6.45) is 39.1. The molecule has 3 rings (SSSR count). The van der Waals surface area contributed by atoms with Gasteiger partial charge < -0.3 is 89.9 Å². The van der Waals surface area contributed by atoms with Gasteiger partial charge in [-0.15, -0.1) is 0 Å². The van der Waals surface area contributed by atoms with Crippen molar-refractivity contribution in [3.8, 4) is 0 Å². The molecule has 17 atom stereocenters. The average Bonchev–Trinajstić information content (AvgIpc) is 3.39. The van der Waals surface area contributed by atoms with Crippen LogP contribution < -0.4 is 5.32 Å². The molecule has 19 heteroatoms. The second kappa shape index (κ2) is 50.1. The number of hydrogen-bond donors (Lipinski definition) is 12. The van der Waals surface area contributed by atoms with Crippen LogP contribution in [0.1, 0.15) is 187 Å². The van der Waals surface area contributed by atoms with Crippen LogP contribution in [-0.4, -0.2) is 193 Å². The molecular formula is C69H115NO18. The van der Waals surface area contributed by atoms with Gasteiger partial charge in [-0.1, -0.05) is 207 Å². The highest BCUT2D eigenvalue weighted by molar-refractivity contribution is 5.76. The van der Waals surface area contributed by atoms with Crippen molar-refractivity contribution in [1.82, 2.24) is 5.32 Å². The molecule has 3 aliphatic rings. The van der Waals surface area contributed by atoms with Gasteiger partial charge >= 0.3 is 0 Å². The molecule has 0 aromatic carbocycles. The van der Waals surface area contributed by atoms with Gasteiger partial charge in [0.25, 0.3) is 0 Å². The number of ether oxygens (including phenoxy) is 6. The van der Waals surface area contributed by atoms with Crippen LogP contribution in [0.4, 0.5) is 0 Å². The second-order valence-corrected chi connectivity index (χ2v) is 23.2. The molecule has 17 unspecified atom stereocenters. The monoisotopic (exact) mass is 1250 g/mol. The van der Waals surface area contributed by atoms with Crippen LogP contribution >= 0.6 is 0 Å². The number of amides is 1. The molecule has 0 aromatic rings. The van der Waals surface area contributed by atoms with Crippen LogP contribution in [0.25, 0.3) is 0 Å². The summed E-state index contributed by atoms with van der Waals surface area (Å²) in [6, 6.07) is -1.00. The summed E-state index contributed by atoms with van der Waals surface area (Å²) in [5.74, 6) is -0.323. The van der Waals surface area contributed by atoms with Gasteiger partial charge in [0.05, 0.1) is 38.6 Å². The van der Waals surface area contributed by atoms with Crippen molar-refractivity contribution in [1.29, 1.82) is 0 Å². The Labute approximate surface area is 525 Å². The summed E-state index contributed by atoms with van der Waals surface area (Å²) in [5, 5.41) is 120. The first kappa shape index (κ1) is 78.7. The van der Waals surface area contributed by atoms with E-state index in [0.717, 1.165) is 89.9 Å². The van der Waals surface area contributed by atoms with Crippen LogP contribution in [-0.2, 0) is 33.2 Å². The molecule has 3 saturated heterocycles. The van der Waals surface area contributed by atoms with Gasteiger partial charge in [0, 0.05) is 6.42 Å². The third-order valence-electron chi connectivity index (χ3n) is 15.8. The van der Waals surface area contributed by atoms with Gasteiger partial charge in [-0.25, -0.2) is 0 Å². The van der Waals surface area contributed by atoms with E-state index in [9.17, 15) is 61.0 Å². The zero-order valence-corrected chi connectivity index (χ0v) is 52.9. The molecule has 504 valence electrons. The fraction of sp³-hybridized carbons (Fsp3) is 0.725. The van der Waals surface area contributed by atoms with Crippen molar-refractivity contribution in [3.05, 3.63) is 109 Å². The lowest BCUT2D eigenvalue weighted by Crippen LogP contribution is -2.66. The first-order chi connectivity index (χ1) is 42.8. The van der Waals surface area contributed by atoms with Gasteiger partial charge in [0.1, 0.15) is 73.2 Å². The summed E-state index contributed by atoms with van der Waals surface area (Å²) in [7, 11) is 0. The first-order valence-corrected chi connectivity index (χ1v) is 33.1. The number of aliphatic hydroxyl groups is 11. The molecular weight excluding hydrogens is 1130 g/mol. The van der Waals surface area contributed by atoms with E-state index in [1.54, 1.807) is 6.08 Å². The normalized spacial score (nSPS) is 29.1. The molecule has 0 aromatic heterocycles. The van der Waals surface area contributed by atoms with Gasteiger partial charge in [-0.3, -0.25) is 4.79 Å². The first-order valence-electron chi connectivity index (χ1n) is 33.1. The minimum absolute atomic E-state index is 0.181. The molecule has 3 heterocycles. The fourth-order valence-corrected chi connectivity index (χ4v) is 10.4. The number of carbonyl (C=O) groups is 1. The highest BCUT2D eigenvalue weighted by Crippen LogP contribution is 2.33. The molecule has 0 aliphatic carbocycles. The van der Waals surface area contributed by atoms with Gasteiger partial charge in [-0.2, -0.15) is 0 Å². The maximum atomic E-state index is 13.4. The zero-order chi connectivity index (χ0) is 64.0. The van der Waals surface area contributed by atoms with Gasteiger partial charge in [-0.05, 0) is 83.5 Å². The van der Waals surface area contributed by atoms with Crippen molar-refractivity contribution in [2.45, 2.75) is 291 Å². The third kappa shape index (κ3) is 32.1. The van der Waals surface area contributed by atoms with E-state index in [-0.39, 0.29) is 18.9 Å². The molecule has 0 saturated carbocycles. The Morgan fingerprint density at radius 2 is 0.784 bits per heavy atom. The minimum Gasteiger partial charge on any atom is -0.394 e. The number of nitrogens with one attached hydrogen (secondary N) is 1. The molecule has 3 aliphatic heterocycles. The standard InChI is InChI=1S/C69H115NO18/c1-3-5-7-9-11-13-15-17-19-21-22-23-24-25-26-27-28-29-30-31-33-35-37-39-41-43-45-47-57(75)70-52(53(74)46-44-42-40-38-36-34-32-20-18-16-14-12-10-8-6-4-2)51-83-67-63(81)60(78)65(55(49-72)85-67)88-69-64(82)61(79)66(56(50-73)86-69)87-68-62(80)59(77)58(76)54(48-71)84-68/h5,7,11,13,17,19,22-23,25-26,28-29,31,33,37,39,44,46,52-56,58-69,71-74,76-82H,3-4,6,8-10,12,14-16,18,20-21,24,27,30,32,34-36,38,40-43,45,47-51H2,1-2H3,(H,70,75)/b7-5-,13-11-,19-17-,23-22-,26-25-,29-28-,33-31-,39-37-,46-44+. The number of aliphatic hydroxyl groups excluding tert-OH is 11. The van der Waals surface area contributed by atoms with Crippen molar-refractivity contribution < 1.29 is 89.4 Å². The Balaban J connectivity index is 1.47. The molecule has 12 N–H and O–H groups in total. The predicted octanol–water partition coefficient (Wildman–Crippen LogP) is 7.88. The van der Waals surface area contributed by atoms with Crippen molar-refractivity contribution >= 4 is 5.91 Å². The number of hydrogen-bond acceptors (Lipinski definition) is 18. The summed E-state index contributed by atoms with van der Waals surface area (Å²) in [5.41, 5.74) is 0. The lowest BCUT2D eigenvalue weighted by Gasteiger charge is -2.48. The molecule has 19 nitrogen and oxygen atoms in total. The minimum atomic E-state index is -1.99. The Kier molecular flexibility index (Phi) is 44.8. The third-order valence-corrected chi connectivity index (χ3v) is 15.8. The predicted molar refractivity (Wildman–Crippen MR) is 341 cm³/mol. The van der Waals surface area contributed by atoms with Crippen LogP contribution in [0.3, 0.4) is 0 Å². The lowest BCUT2D eigenvalue weighted by molar-refractivity contribution is -0.379. The number of carbonyl (C=O) groups excluding carboxylic acids is 1. The lowest BCUT2D eigenvalue weighted by atomic mass is 9.96. The largest absolute Gasteiger partial charge is 0.394 e. The smallest absolute Gasteiger partial charge is 0.220 e. The summed E-state index contributed by atoms with van der Waals surface area (Å²) >= 11 is 0. The van der Waals surface area contributed by atoms with Crippen LogP contribution in [0.5, 0.6) is 0 Å². The SMILES string of the molecule is CC/C=C\C/C=C\C/C=C\C/C=C\C/C=C\C/C=C\C/C=C\C/C=C\CCCCC(=O)NC(COC1OC(CO)C(OC2OC(CO)C(OC3OC(CO)C(O)C(O)C3O)C(O)C2O)C(O)C1O)C(O)/C=C/CCCCCCCCCCCCCCCC. The molecule has 0 radical (unpaired) electrons. The number of rotatable bonds is 48. The van der Waals surface area contributed by atoms with Crippen LogP contribution in [0.15, 0.2) is 109 Å². The van der Waals surface area contributed by atoms with Gasteiger partial charge in [0.15, 0.2) is 18.9 Å². The maximum Gasteiger partial charge on any atom is 0.220 e. The Morgan fingerprint density at radius 3 is 1.23 bits per heavy atom. The Bertz CT molecular complexity index is 2020. The highest BCUT2D eigenvalue weighted by atomic mass is 16.8. The fourth-order valence-electron chi connectivity index (χ4n) is 10.4. The van der Waals surface area contributed by atoms with E-state index in [2.05, 4.69) is 116 Å². The van der Waals surface area contributed by atoms with Crippen LogP contribution in [0.2, 0.25) is 0 Å². The molecule has 0 spiro atoms.